The summed E-state index contributed by atoms with van der Waals surface area (Å²) in [4.78, 5) is 12.0. The number of benzene rings is 1. The number of amides is 1. The highest BCUT2D eigenvalue weighted by Crippen LogP contribution is 2.23. The quantitative estimate of drug-likeness (QED) is 0.868. The van der Waals surface area contributed by atoms with Gasteiger partial charge in [-0.3, -0.25) is 4.79 Å². The van der Waals surface area contributed by atoms with Crippen LogP contribution in [-0.2, 0) is 0 Å². The van der Waals surface area contributed by atoms with Gasteiger partial charge in [-0.2, -0.15) is 5.26 Å². The molecular weight excluding hydrogens is 240 g/mol. The highest BCUT2D eigenvalue weighted by molar-refractivity contribution is 5.94. The van der Waals surface area contributed by atoms with E-state index in [1.165, 1.54) is 0 Å². The fraction of sp³-hybridized carbons (Fsp3) is 0.467. The van der Waals surface area contributed by atoms with Gasteiger partial charge in [0, 0.05) is 18.0 Å². The molecule has 1 aromatic rings. The van der Waals surface area contributed by atoms with Crippen LogP contribution in [0.5, 0.6) is 0 Å². The fourth-order valence-electron chi connectivity index (χ4n) is 2.48. The summed E-state index contributed by atoms with van der Waals surface area (Å²) < 4.78 is 0. The molecule has 0 aliphatic heterocycles. The lowest BCUT2D eigenvalue weighted by Gasteiger charge is -2.27. The SMILES string of the molecule is N#Cc1cccc(C(=O)NCC2CCCCC2O)c1. The summed E-state index contributed by atoms with van der Waals surface area (Å²) in [7, 11) is 0. The summed E-state index contributed by atoms with van der Waals surface area (Å²) in [6, 6.07) is 8.64. The first-order valence-corrected chi connectivity index (χ1v) is 6.67. The molecule has 1 aromatic carbocycles. The van der Waals surface area contributed by atoms with Crippen LogP contribution in [0.25, 0.3) is 0 Å². The minimum atomic E-state index is -0.306. The Morgan fingerprint density at radius 3 is 2.95 bits per heavy atom. The van der Waals surface area contributed by atoms with Crippen molar-refractivity contribution in [3.63, 3.8) is 0 Å². The van der Waals surface area contributed by atoms with Gasteiger partial charge in [-0.05, 0) is 31.0 Å². The Morgan fingerprint density at radius 2 is 2.21 bits per heavy atom. The maximum absolute atomic E-state index is 12.0. The summed E-state index contributed by atoms with van der Waals surface area (Å²) >= 11 is 0. The van der Waals surface area contributed by atoms with Crippen molar-refractivity contribution in [3.05, 3.63) is 35.4 Å². The number of carbonyl (C=O) groups is 1. The maximum Gasteiger partial charge on any atom is 0.251 e. The van der Waals surface area contributed by atoms with Gasteiger partial charge in [0.25, 0.3) is 5.91 Å². The lowest BCUT2D eigenvalue weighted by Crippen LogP contribution is -2.36. The molecule has 1 fully saturated rings. The largest absolute Gasteiger partial charge is 0.393 e. The van der Waals surface area contributed by atoms with Crippen molar-refractivity contribution in [1.82, 2.24) is 5.32 Å². The van der Waals surface area contributed by atoms with Crippen LogP contribution in [-0.4, -0.2) is 23.7 Å². The smallest absolute Gasteiger partial charge is 0.251 e. The molecule has 4 heteroatoms. The average molecular weight is 258 g/mol. The van der Waals surface area contributed by atoms with E-state index in [0.29, 0.717) is 17.7 Å². The predicted octanol–water partition coefficient (Wildman–Crippen LogP) is 1.84. The molecule has 2 rings (SSSR count). The first-order chi connectivity index (χ1) is 9.20. The number of aliphatic hydroxyl groups excluding tert-OH is 1. The van der Waals surface area contributed by atoms with Crippen molar-refractivity contribution in [2.75, 3.05) is 6.54 Å². The van der Waals surface area contributed by atoms with Crippen LogP contribution in [0, 0.1) is 17.2 Å². The molecular formula is C15H18N2O2. The number of rotatable bonds is 3. The van der Waals surface area contributed by atoms with Crippen LogP contribution in [0.4, 0.5) is 0 Å². The first-order valence-electron chi connectivity index (χ1n) is 6.67. The Morgan fingerprint density at radius 1 is 1.42 bits per heavy atom. The molecule has 0 bridgehead atoms. The van der Waals surface area contributed by atoms with E-state index in [-0.39, 0.29) is 17.9 Å². The van der Waals surface area contributed by atoms with Gasteiger partial charge in [0.15, 0.2) is 0 Å². The topological polar surface area (TPSA) is 73.1 Å². The lowest BCUT2D eigenvalue weighted by molar-refractivity contribution is 0.0663. The molecule has 0 radical (unpaired) electrons. The zero-order chi connectivity index (χ0) is 13.7. The van der Waals surface area contributed by atoms with Gasteiger partial charge >= 0.3 is 0 Å². The van der Waals surface area contributed by atoms with Crippen LogP contribution in [0.15, 0.2) is 24.3 Å². The van der Waals surface area contributed by atoms with Gasteiger partial charge in [0.1, 0.15) is 0 Å². The number of aliphatic hydroxyl groups is 1. The van der Waals surface area contributed by atoms with E-state index in [4.69, 9.17) is 5.26 Å². The molecule has 2 N–H and O–H groups in total. The van der Waals surface area contributed by atoms with Gasteiger partial charge in [-0.1, -0.05) is 18.9 Å². The van der Waals surface area contributed by atoms with Gasteiger partial charge < -0.3 is 10.4 Å². The Balaban J connectivity index is 1.92. The van der Waals surface area contributed by atoms with Crippen molar-refractivity contribution in [3.8, 4) is 6.07 Å². The summed E-state index contributed by atoms with van der Waals surface area (Å²) in [5.41, 5.74) is 0.967. The second kappa shape index (κ2) is 6.35. The van der Waals surface area contributed by atoms with Crippen molar-refractivity contribution < 1.29 is 9.90 Å². The van der Waals surface area contributed by atoms with Crippen LogP contribution >= 0.6 is 0 Å². The highest BCUT2D eigenvalue weighted by Gasteiger charge is 2.23. The van der Waals surface area contributed by atoms with Gasteiger partial charge in [0.2, 0.25) is 0 Å². The standard InChI is InChI=1S/C15H18N2O2/c16-9-11-4-3-6-12(8-11)15(19)17-10-13-5-1-2-7-14(13)18/h3-4,6,8,13-14,18H,1-2,5,7,10H2,(H,17,19). The van der Waals surface area contributed by atoms with Crippen molar-refractivity contribution in [2.24, 2.45) is 5.92 Å². The van der Waals surface area contributed by atoms with E-state index in [2.05, 4.69) is 5.32 Å². The summed E-state index contributed by atoms with van der Waals surface area (Å²) in [5.74, 6) is -0.0354. The molecule has 19 heavy (non-hydrogen) atoms. The van der Waals surface area contributed by atoms with Crippen molar-refractivity contribution in [2.45, 2.75) is 31.8 Å². The molecule has 0 spiro atoms. The predicted molar refractivity (Wildman–Crippen MR) is 71.5 cm³/mol. The van der Waals surface area contributed by atoms with Gasteiger partial charge in [-0.25, -0.2) is 0 Å². The molecule has 1 saturated carbocycles. The van der Waals surface area contributed by atoms with Gasteiger partial charge in [0.05, 0.1) is 17.7 Å². The second-order valence-corrected chi connectivity index (χ2v) is 5.01. The van der Waals surface area contributed by atoms with Crippen LogP contribution in [0.3, 0.4) is 0 Å². The summed E-state index contributed by atoms with van der Waals surface area (Å²) in [6.45, 7) is 0.497. The molecule has 0 heterocycles. The van der Waals surface area contributed by atoms with E-state index in [0.717, 1.165) is 25.7 Å². The zero-order valence-corrected chi connectivity index (χ0v) is 10.8. The Bertz CT molecular complexity index is 493. The van der Waals surface area contributed by atoms with E-state index >= 15 is 0 Å². The highest BCUT2D eigenvalue weighted by atomic mass is 16.3. The summed E-state index contributed by atoms with van der Waals surface area (Å²) in [5, 5.41) is 21.5. The van der Waals surface area contributed by atoms with Crippen molar-refractivity contribution in [1.29, 1.82) is 5.26 Å². The van der Waals surface area contributed by atoms with Crippen molar-refractivity contribution >= 4 is 5.91 Å². The number of nitrogens with zero attached hydrogens (tertiary/aromatic N) is 1. The summed E-state index contributed by atoms with van der Waals surface area (Å²) in [6.07, 6.45) is 3.65. The monoisotopic (exact) mass is 258 g/mol. The molecule has 4 nitrogen and oxygen atoms in total. The molecule has 2 atom stereocenters. The van der Waals surface area contributed by atoms with Crippen LogP contribution < -0.4 is 5.32 Å². The van der Waals surface area contributed by atoms with E-state index < -0.39 is 0 Å². The third-order valence-electron chi connectivity index (χ3n) is 3.65. The number of carbonyl (C=O) groups excluding carboxylic acids is 1. The Kier molecular flexibility index (Phi) is 4.53. The van der Waals surface area contributed by atoms with E-state index in [1.807, 2.05) is 6.07 Å². The third-order valence-corrected chi connectivity index (χ3v) is 3.65. The maximum atomic E-state index is 12.0. The number of hydrogen-bond donors (Lipinski definition) is 2. The Hall–Kier alpha value is -1.86. The third kappa shape index (κ3) is 3.55. The lowest BCUT2D eigenvalue weighted by atomic mass is 9.86. The fourth-order valence-corrected chi connectivity index (χ4v) is 2.48. The molecule has 0 aromatic heterocycles. The molecule has 2 unspecified atom stereocenters. The zero-order valence-electron chi connectivity index (χ0n) is 10.8. The number of nitrogens with one attached hydrogen (secondary N) is 1. The molecule has 1 amide bonds. The Labute approximate surface area is 113 Å². The molecule has 1 aliphatic carbocycles. The van der Waals surface area contributed by atoms with E-state index in [9.17, 15) is 9.90 Å². The normalized spacial score (nSPS) is 22.5. The number of nitriles is 1. The van der Waals surface area contributed by atoms with Crippen LogP contribution in [0.1, 0.15) is 41.6 Å². The number of hydrogen-bond acceptors (Lipinski definition) is 3. The average Bonchev–Trinajstić information content (AvgIpc) is 2.46. The minimum absolute atomic E-state index is 0.150. The first kappa shape index (κ1) is 13.6. The molecule has 0 saturated heterocycles. The van der Waals surface area contributed by atoms with E-state index in [1.54, 1.807) is 24.3 Å². The molecule has 100 valence electrons. The van der Waals surface area contributed by atoms with Gasteiger partial charge in [-0.15, -0.1) is 0 Å². The second-order valence-electron chi connectivity index (χ2n) is 5.01. The molecule has 1 aliphatic rings. The minimum Gasteiger partial charge on any atom is -0.393 e. The van der Waals surface area contributed by atoms with Crippen LogP contribution in [0.2, 0.25) is 0 Å².